The van der Waals surface area contributed by atoms with E-state index in [0.29, 0.717) is 0 Å². The number of rotatable bonds is 3. The van der Waals surface area contributed by atoms with Crippen molar-refractivity contribution < 1.29 is 0 Å². The smallest absolute Gasteiger partial charge is 0.0907 e. The number of hydrogen-bond donors (Lipinski definition) is 0. The Balaban J connectivity index is 3.03. The zero-order valence-corrected chi connectivity index (χ0v) is 8.77. The Morgan fingerprint density at radius 3 is 2.77 bits per heavy atom. The maximum atomic E-state index is 4.40. The molecule has 0 saturated carbocycles. The average Bonchev–Trinajstić information content (AvgIpc) is 2.44. The van der Waals surface area contributed by atoms with E-state index in [2.05, 4.69) is 17.6 Å². The zero-order valence-electron chi connectivity index (χ0n) is 7.95. The molecule has 0 bridgehead atoms. The lowest BCUT2D eigenvalue weighted by Crippen LogP contribution is -1.74. The Morgan fingerprint density at radius 1 is 1.38 bits per heavy atom. The minimum Gasteiger partial charge on any atom is -0.242 e. The highest BCUT2D eigenvalue weighted by Gasteiger charge is 2.01. The van der Waals surface area contributed by atoms with Gasteiger partial charge in [0.25, 0.3) is 0 Å². The molecule has 13 heavy (non-hydrogen) atoms. The Morgan fingerprint density at radius 2 is 2.15 bits per heavy atom. The molecule has 1 nitrogen and oxygen atoms in total. The Kier molecular flexibility index (Phi) is 3.65. The fourth-order valence-electron chi connectivity index (χ4n) is 1.01. The van der Waals surface area contributed by atoms with Gasteiger partial charge in [0, 0.05) is 0 Å². The maximum absolute atomic E-state index is 4.40. The highest BCUT2D eigenvalue weighted by atomic mass is 32.1. The molecule has 2 heteroatoms. The van der Waals surface area contributed by atoms with Crippen molar-refractivity contribution in [2.75, 3.05) is 0 Å². The third kappa shape index (κ3) is 2.67. The van der Waals surface area contributed by atoms with Gasteiger partial charge in [-0.25, -0.2) is 4.98 Å². The Labute approximate surface area is 83.1 Å². The molecule has 0 unspecified atom stereocenters. The van der Waals surface area contributed by atoms with Gasteiger partial charge in [-0.05, 0) is 26.0 Å². The second kappa shape index (κ2) is 4.77. The van der Waals surface area contributed by atoms with Crippen molar-refractivity contribution in [3.05, 3.63) is 40.4 Å². The van der Waals surface area contributed by atoms with Crippen LogP contribution in [0, 0.1) is 6.92 Å². The zero-order chi connectivity index (χ0) is 9.68. The molecule has 0 saturated heterocycles. The normalized spacial score (nSPS) is 11.5. The van der Waals surface area contributed by atoms with E-state index in [1.807, 2.05) is 32.1 Å². The first-order chi connectivity index (χ1) is 6.27. The van der Waals surface area contributed by atoms with E-state index < -0.39 is 0 Å². The molecule has 0 radical (unpaired) electrons. The van der Waals surface area contributed by atoms with Gasteiger partial charge in [-0.15, -0.1) is 11.3 Å². The van der Waals surface area contributed by atoms with Crippen LogP contribution in [0.25, 0.3) is 12.2 Å². The summed E-state index contributed by atoms with van der Waals surface area (Å²) >= 11 is 1.71. The average molecular weight is 191 g/mol. The summed E-state index contributed by atoms with van der Waals surface area (Å²) in [5.74, 6) is 0. The van der Waals surface area contributed by atoms with Crippen molar-refractivity contribution in [1.82, 2.24) is 4.98 Å². The van der Waals surface area contributed by atoms with Crippen LogP contribution in [0.2, 0.25) is 0 Å². The van der Waals surface area contributed by atoms with Crippen LogP contribution in [0.15, 0.2) is 24.8 Å². The monoisotopic (exact) mass is 191 g/mol. The first-order valence-corrected chi connectivity index (χ1v) is 4.98. The fraction of sp³-hybridized carbons (Fsp3) is 0.182. The van der Waals surface area contributed by atoms with Crippen LogP contribution in [0.4, 0.5) is 0 Å². The number of thiazole rings is 1. The molecule has 0 atom stereocenters. The molecule has 0 aliphatic rings. The molecule has 0 aliphatic carbocycles. The van der Waals surface area contributed by atoms with Crippen molar-refractivity contribution >= 4 is 23.5 Å². The predicted octanol–water partition coefficient (Wildman–Crippen LogP) is 3.68. The predicted molar refractivity (Wildman–Crippen MR) is 60.8 cm³/mol. The van der Waals surface area contributed by atoms with Gasteiger partial charge in [0.2, 0.25) is 0 Å². The van der Waals surface area contributed by atoms with Crippen molar-refractivity contribution in [2.45, 2.75) is 13.8 Å². The highest BCUT2D eigenvalue weighted by molar-refractivity contribution is 7.12. The van der Waals surface area contributed by atoms with E-state index in [4.69, 9.17) is 0 Å². The van der Waals surface area contributed by atoms with Crippen LogP contribution in [-0.4, -0.2) is 4.98 Å². The molecule has 1 heterocycles. The molecule has 0 aromatic carbocycles. The Hall–Kier alpha value is -1.15. The SMILES string of the molecule is C=C/C=C\c1nc(C)sc1/C=C\C. The van der Waals surface area contributed by atoms with Crippen LogP contribution < -0.4 is 0 Å². The number of nitrogens with zero attached hydrogens (tertiary/aromatic N) is 1. The van der Waals surface area contributed by atoms with E-state index in [9.17, 15) is 0 Å². The van der Waals surface area contributed by atoms with Gasteiger partial charge in [0.1, 0.15) is 0 Å². The summed E-state index contributed by atoms with van der Waals surface area (Å²) in [5.41, 5.74) is 1.03. The fourth-order valence-corrected chi connectivity index (χ4v) is 1.89. The van der Waals surface area contributed by atoms with Crippen molar-refractivity contribution in [1.29, 1.82) is 0 Å². The first kappa shape index (κ1) is 9.93. The van der Waals surface area contributed by atoms with E-state index in [1.54, 1.807) is 17.4 Å². The van der Waals surface area contributed by atoms with Crippen LogP contribution in [0.1, 0.15) is 22.5 Å². The summed E-state index contributed by atoms with van der Waals surface area (Å²) in [6.07, 6.45) is 9.74. The van der Waals surface area contributed by atoms with Crippen molar-refractivity contribution in [3.63, 3.8) is 0 Å². The number of aryl methyl sites for hydroxylation is 1. The van der Waals surface area contributed by atoms with Crippen molar-refractivity contribution in [2.24, 2.45) is 0 Å². The second-order valence-corrected chi connectivity index (χ2v) is 3.81. The van der Waals surface area contributed by atoms with Crippen LogP contribution in [0.3, 0.4) is 0 Å². The standard InChI is InChI=1S/C11H13NS/c1-4-6-8-10-11(7-5-2)13-9(3)12-10/h4-8H,1H2,2-3H3/b7-5-,8-6-. The lowest BCUT2D eigenvalue weighted by atomic mass is 10.3. The molecular formula is C11H13NS. The molecule has 0 spiro atoms. The third-order valence-corrected chi connectivity index (χ3v) is 2.45. The van der Waals surface area contributed by atoms with Gasteiger partial charge in [0.05, 0.1) is 15.6 Å². The minimum atomic E-state index is 1.03. The Bertz CT molecular complexity index is 345. The van der Waals surface area contributed by atoms with Crippen molar-refractivity contribution in [3.8, 4) is 0 Å². The van der Waals surface area contributed by atoms with E-state index in [-0.39, 0.29) is 0 Å². The van der Waals surface area contributed by atoms with Gasteiger partial charge in [0.15, 0.2) is 0 Å². The summed E-state index contributed by atoms with van der Waals surface area (Å²) in [5, 5.41) is 1.09. The van der Waals surface area contributed by atoms with Gasteiger partial charge < -0.3 is 0 Å². The van der Waals surface area contributed by atoms with Crippen LogP contribution in [0.5, 0.6) is 0 Å². The van der Waals surface area contributed by atoms with E-state index in [1.165, 1.54) is 4.88 Å². The number of aromatic nitrogens is 1. The largest absolute Gasteiger partial charge is 0.242 e. The molecule has 0 fully saturated rings. The van der Waals surface area contributed by atoms with Gasteiger partial charge in [-0.1, -0.05) is 24.8 Å². The molecule has 0 N–H and O–H groups in total. The highest BCUT2D eigenvalue weighted by Crippen LogP contribution is 2.20. The third-order valence-electron chi connectivity index (χ3n) is 1.50. The number of hydrogen-bond acceptors (Lipinski definition) is 2. The van der Waals surface area contributed by atoms with Crippen LogP contribution >= 0.6 is 11.3 Å². The van der Waals surface area contributed by atoms with Crippen LogP contribution in [-0.2, 0) is 0 Å². The summed E-state index contributed by atoms with van der Waals surface area (Å²) in [7, 11) is 0. The number of allylic oxidation sites excluding steroid dienone is 3. The van der Waals surface area contributed by atoms with Gasteiger partial charge in [-0.2, -0.15) is 0 Å². The molecule has 1 rings (SSSR count). The summed E-state index contributed by atoms with van der Waals surface area (Å²) in [6.45, 7) is 7.66. The minimum absolute atomic E-state index is 1.03. The van der Waals surface area contributed by atoms with Gasteiger partial charge >= 0.3 is 0 Å². The summed E-state index contributed by atoms with van der Waals surface area (Å²) < 4.78 is 0. The lowest BCUT2D eigenvalue weighted by Gasteiger charge is -1.86. The quantitative estimate of drug-likeness (QED) is 0.664. The molecule has 68 valence electrons. The summed E-state index contributed by atoms with van der Waals surface area (Å²) in [6, 6.07) is 0. The summed E-state index contributed by atoms with van der Waals surface area (Å²) in [4.78, 5) is 5.61. The molecule has 0 amide bonds. The first-order valence-electron chi connectivity index (χ1n) is 4.17. The van der Waals surface area contributed by atoms with Gasteiger partial charge in [-0.3, -0.25) is 0 Å². The maximum Gasteiger partial charge on any atom is 0.0907 e. The molecule has 0 aliphatic heterocycles. The van der Waals surface area contributed by atoms with E-state index >= 15 is 0 Å². The second-order valence-electron chi connectivity index (χ2n) is 2.58. The topological polar surface area (TPSA) is 12.9 Å². The van der Waals surface area contributed by atoms with E-state index in [0.717, 1.165) is 10.7 Å². The molecular weight excluding hydrogens is 178 g/mol. The lowest BCUT2D eigenvalue weighted by molar-refractivity contribution is 1.27. The molecule has 1 aromatic rings. The molecule has 1 aromatic heterocycles.